The lowest BCUT2D eigenvalue weighted by atomic mass is 10.1. The molecule has 0 aliphatic carbocycles. The number of pyridine rings is 2. The van der Waals surface area contributed by atoms with Crippen LogP contribution in [-0.2, 0) is 4.84 Å². The first kappa shape index (κ1) is 22.0. The van der Waals surface area contributed by atoms with Crippen molar-refractivity contribution in [3.63, 3.8) is 0 Å². The molecule has 0 spiro atoms. The molecule has 1 aliphatic heterocycles. The van der Waals surface area contributed by atoms with E-state index >= 15 is 0 Å². The second kappa shape index (κ2) is 8.95. The monoisotopic (exact) mass is 427 g/mol. The van der Waals surface area contributed by atoms with E-state index in [1.165, 1.54) is 29.3 Å². The number of hydrogen-bond donors (Lipinski definition) is 1. The zero-order valence-electron chi connectivity index (χ0n) is 17.4. The van der Waals surface area contributed by atoms with Crippen LogP contribution in [0.5, 0.6) is 5.75 Å². The minimum Gasteiger partial charge on any atom is -0.487 e. The Hall–Kier alpha value is -3.74. The van der Waals surface area contributed by atoms with Crippen molar-refractivity contribution in [1.82, 2.24) is 14.9 Å². The Kier molecular flexibility index (Phi) is 6.34. The van der Waals surface area contributed by atoms with Crippen LogP contribution in [0.4, 0.5) is 9.18 Å². The first-order valence-electron chi connectivity index (χ1n) is 9.55. The summed E-state index contributed by atoms with van der Waals surface area (Å²) in [4.78, 5) is 26.1. The van der Waals surface area contributed by atoms with Gasteiger partial charge in [0, 0.05) is 23.7 Å². The van der Waals surface area contributed by atoms with E-state index in [2.05, 4.69) is 15.1 Å². The van der Waals surface area contributed by atoms with E-state index in [1.54, 1.807) is 6.07 Å². The van der Waals surface area contributed by atoms with Crippen LogP contribution >= 0.6 is 0 Å². The summed E-state index contributed by atoms with van der Waals surface area (Å²) >= 11 is 0. The van der Waals surface area contributed by atoms with Gasteiger partial charge in [0.15, 0.2) is 6.10 Å². The minimum absolute atomic E-state index is 0.130. The van der Waals surface area contributed by atoms with Crippen molar-refractivity contribution >= 4 is 11.8 Å². The molecule has 162 valence electrons. The van der Waals surface area contributed by atoms with Gasteiger partial charge in [0.05, 0.1) is 12.3 Å². The largest absolute Gasteiger partial charge is 0.487 e. The topological polar surface area (TPSA) is 121 Å². The number of nitriles is 1. The van der Waals surface area contributed by atoms with Crippen molar-refractivity contribution < 1.29 is 23.9 Å². The molecular weight excluding hydrogens is 405 g/mol. The van der Waals surface area contributed by atoms with Gasteiger partial charge in [-0.05, 0) is 45.0 Å². The fraction of sp³-hybridized carbons (Fsp3) is 0.381. The molecule has 31 heavy (non-hydrogen) atoms. The van der Waals surface area contributed by atoms with Gasteiger partial charge in [-0.25, -0.2) is 14.8 Å². The number of oxime groups is 1. The van der Waals surface area contributed by atoms with Gasteiger partial charge in [-0.15, -0.1) is 0 Å². The average molecular weight is 427 g/mol. The quantitative estimate of drug-likeness (QED) is 0.701. The van der Waals surface area contributed by atoms with Crippen molar-refractivity contribution in [2.75, 3.05) is 13.2 Å². The maximum atomic E-state index is 13.2. The second-order valence-electron chi connectivity index (χ2n) is 7.96. The van der Waals surface area contributed by atoms with Gasteiger partial charge in [0.25, 0.3) is 0 Å². The van der Waals surface area contributed by atoms with Crippen molar-refractivity contribution in [2.24, 2.45) is 5.16 Å². The molecule has 0 radical (unpaired) electrons. The van der Waals surface area contributed by atoms with E-state index < -0.39 is 23.7 Å². The standard InChI is InChI=1S/C21H22FN5O4/c1-21(2,3)27(20(28)29)11-15-8-16(31-26-15)12-30-17-6-5-14(9-23)25-19(17)13-4-7-18(22)24-10-13/h4-7,10,16H,8,11-12H2,1-3H3,(H,28,29). The fourth-order valence-corrected chi connectivity index (χ4v) is 2.97. The van der Waals surface area contributed by atoms with Crippen LogP contribution in [0.3, 0.4) is 0 Å². The Morgan fingerprint density at radius 1 is 1.39 bits per heavy atom. The number of hydrogen-bond acceptors (Lipinski definition) is 7. The summed E-state index contributed by atoms with van der Waals surface area (Å²) in [6.07, 6.45) is 0.291. The van der Waals surface area contributed by atoms with Gasteiger partial charge < -0.3 is 14.7 Å². The molecule has 2 aromatic heterocycles. The predicted molar refractivity (Wildman–Crippen MR) is 109 cm³/mol. The molecule has 1 aliphatic rings. The summed E-state index contributed by atoms with van der Waals surface area (Å²) in [5.41, 5.74) is 1.07. The summed E-state index contributed by atoms with van der Waals surface area (Å²) < 4.78 is 19.0. The Balaban J connectivity index is 1.67. The lowest BCUT2D eigenvalue weighted by Gasteiger charge is -2.32. The fourth-order valence-electron chi connectivity index (χ4n) is 2.97. The van der Waals surface area contributed by atoms with Gasteiger partial charge in [-0.2, -0.15) is 9.65 Å². The van der Waals surface area contributed by atoms with E-state index in [4.69, 9.17) is 14.8 Å². The van der Waals surface area contributed by atoms with Gasteiger partial charge in [0.1, 0.15) is 29.8 Å². The second-order valence-corrected chi connectivity index (χ2v) is 7.96. The number of carboxylic acid groups (broad SMARTS) is 1. The molecule has 3 rings (SSSR count). The summed E-state index contributed by atoms with van der Waals surface area (Å²) in [6, 6.07) is 7.78. The van der Waals surface area contributed by atoms with Gasteiger partial charge in [-0.1, -0.05) is 5.16 Å². The third-order valence-corrected chi connectivity index (χ3v) is 4.57. The number of nitrogens with zero attached hydrogens (tertiary/aromatic N) is 5. The highest BCUT2D eigenvalue weighted by molar-refractivity contribution is 5.89. The molecule has 1 amide bonds. The van der Waals surface area contributed by atoms with Crippen LogP contribution in [0.25, 0.3) is 11.3 Å². The third-order valence-electron chi connectivity index (χ3n) is 4.57. The Bertz CT molecular complexity index is 1030. The third kappa shape index (κ3) is 5.45. The molecule has 1 N–H and O–H groups in total. The molecule has 1 atom stereocenters. The molecule has 3 heterocycles. The highest BCUT2D eigenvalue weighted by Gasteiger charge is 2.31. The van der Waals surface area contributed by atoms with Crippen molar-refractivity contribution in [1.29, 1.82) is 5.26 Å². The lowest BCUT2D eigenvalue weighted by molar-refractivity contribution is 0.0471. The SMILES string of the molecule is CC(C)(C)N(CC1=NOC(COc2ccc(C#N)nc2-c2ccc(F)nc2)C1)C(=O)O. The van der Waals surface area contributed by atoms with E-state index in [-0.39, 0.29) is 18.8 Å². The molecule has 1 unspecified atom stereocenters. The molecule has 0 aromatic carbocycles. The highest BCUT2D eigenvalue weighted by Crippen LogP contribution is 2.29. The molecule has 0 saturated carbocycles. The highest BCUT2D eigenvalue weighted by atomic mass is 19.1. The number of rotatable bonds is 6. The molecule has 0 fully saturated rings. The molecule has 10 heteroatoms. The van der Waals surface area contributed by atoms with E-state index in [9.17, 15) is 14.3 Å². The Labute approximate surface area is 178 Å². The van der Waals surface area contributed by atoms with Crippen LogP contribution in [-0.4, -0.2) is 56.6 Å². The van der Waals surface area contributed by atoms with E-state index in [1.807, 2.05) is 26.8 Å². The number of carbonyl (C=O) groups is 1. The molecule has 0 saturated heterocycles. The van der Waals surface area contributed by atoms with Crippen LogP contribution in [0.1, 0.15) is 32.9 Å². The summed E-state index contributed by atoms with van der Waals surface area (Å²) in [7, 11) is 0. The summed E-state index contributed by atoms with van der Waals surface area (Å²) in [5, 5.41) is 22.6. The smallest absolute Gasteiger partial charge is 0.408 e. The first-order chi connectivity index (χ1) is 14.7. The van der Waals surface area contributed by atoms with Crippen LogP contribution in [0, 0.1) is 17.3 Å². The zero-order chi connectivity index (χ0) is 22.6. The minimum atomic E-state index is -1.03. The van der Waals surface area contributed by atoms with Crippen LogP contribution in [0.2, 0.25) is 0 Å². The van der Waals surface area contributed by atoms with Crippen molar-refractivity contribution in [2.45, 2.75) is 38.8 Å². The maximum absolute atomic E-state index is 13.2. The van der Waals surface area contributed by atoms with Crippen molar-refractivity contribution in [3.8, 4) is 23.1 Å². The van der Waals surface area contributed by atoms with Gasteiger partial charge in [-0.3, -0.25) is 4.90 Å². The van der Waals surface area contributed by atoms with Gasteiger partial charge >= 0.3 is 6.09 Å². The number of amides is 1. The Morgan fingerprint density at radius 3 is 2.77 bits per heavy atom. The normalized spacial score (nSPS) is 15.6. The van der Waals surface area contributed by atoms with E-state index in [0.29, 0.717) is 29.1 Å². The van der Waals surface area contributed by atoms with Gasteiger partial charge in [0.2, 0.25) is 5.95 Å². The summed E-state index contributed by atoms with van der Waals surface area (Å²) in [6.45, 7) is 5.69. The average Bonchev–Trinajstić information content (AvgIpc) is 3.17. The number of halogens is 1. The lowest BCUT2D eigenvalue weighted by Crippen LogP contribution is -2.47. The Morgan fingerprint density at radius 2 is 2.16 bits per heavy atom. The molecule has 2 aromatic rings. The number of aromatic nitrogens is 2. The molecule has 0 bridgehead atoms. The van der Waals surface area contributed by atoms with Crippen LogP contribution < -0.4 is 4.74 Å². The maximum Gasteiger partial charge on any atom is 0.408 e. The summed E-state index contributed by atoms with van der Waals surface area (Å²) in [5.74, 6) is -0.247. The first-order valence-corrected chi connectivity index (χ1v) is 9.55. The molecule has 9 nitrogen and oxygen atoms in total. The van der Waals surface area contributed by atoms with E-state index in [0.717, 1.165) is 0 Å². The number of ether oxygens (including phenoxy) is 1. The van der Waals surface area contributed by atoms with Crippen LogP contribution in [0.15, 0.2) is 35.6 Å². The van der Waals surface area contributed by atoms with Crippen molar-refractivity contribution in [3.05, 3.63) is 42.1 Å². The zero-order valence-corrected chi connectivity index (χ0v) is 17.4. The molecular formula is C21H22FN5O4. The predicted octanol–water partition coefficient (Wildman–Crippen LogP) is 3.46.